The molecule has 1 N–H and O–H groups in total. The average Bonchev–Trinajstić information content (AvgIpc) is 2.57. The second-order valence-electron chi connectivity index (χ2n) is 5.63. The van der Waals surface area contributed by atoms with Crippen molar-refractivity contribution in [2.45, 2.75) is 19.4 Å². The lowest BCUT2D eigenvalue weighted by Crippen LogP contribution is -2.24. The van der Waals surface area contributed by atoms with Gasteiger partial charge in [0, 0.05) is 12.5 Å². The lowest BCUT2D eigenvalue weighted by atomic mass is 9.87. The molecule has 0 heterocycles. The lowest BCUT2D eigenvalue weighted by molar-refractivity contribution is 0.412. The number of methoxy groups -OCH3 is 1. The van der Waals surface area contributed by atoms with Gasteiger partial charge in [0.1, 0.15) is 5.75 Å². The van der Waals surface area contributed by atoms with Crippen LogP contribution in [0.5, 0.6) is 5.75 Å². The fourth-order valence-electron chi connectivity index (χ4n) is 2.71. The standard InChI is InChI=1S/C20H25NO/c1-4-20(18-11-8-12-19(13-18)22-3)16(2)14-21-15-17-9-6-5-7-10-17/h4-13,16,20-21H,1,14-15H2,2-3H3. The predicted octanol–water partition coefficient (Wildman–Crippen LogP) is 4.39. The SMILES string of the molecule is C=CC(c1cccc(OC)c1)C(C)CNCc1ccccc1. The van der Waals surface area contributed by atoms with E-state index in [1.54, 1.807) is 7.11 Å². The maximum atomic E-state index is 5.32. The third kappa shape index (κ3) is 4.47. The van der Waals surface area contributed by atoms with Crippen molar-refractivity contribution in [3.8, 4) is 5.75 Å². The van der Waals surface area contributed by atoms with E-state index in [1.165, 1.54) is 11.1 Å². The smallest absolute Gasteiger partial charge is 0.119 e. The zero-order chi connectivity index (χ0) is 15.8. The fraction of sp³-hybridized carbons (Fsp3) is 0.300. The van der Waals surface area contributed by atoms with Crippen molar-refractivity contribution in [2.75, 3.05) is 13.7 Å². The second kappa shape index (κ2) is 8.40. The molecule has 0 spiro atoms. The van der Waals surface area contributed by atoms with Crippen molar-refractivity contribution in [1.82, 2.24) is 5.32 Å². The van der Waals surface area contributed by atoms with Gasteiger partial charge in [0.15, 0.2) is 0 Å². The molecule has 2 heteroatoms. The van der Waals surface area contributed by atoms with Gasteiger partial charge >= 0.3 is 0 Å². The number of benzene rings is 2. The summed E-state index contributed by atoms with van der Waals surface area (Å²) in [7, 11) is 1.70. The molecule has 0 radical (unpaired) electrons. The molecule has 0 aliphatic heterocycles. The first-order chi connectivity index (χ1) is 10.7. The van der Waals surface area contributed by atoms with Crippen LogP contribution < -0.4 is 10.1 Å². The van der Waals surface area contributed by atoms with Gasteiger partial charge in [-0.2, -0.15) is 0 Å². The maximum Gasteiger partial charge on any atom is 0.119 e. The molecule has 0 amide bonds. The van der Waals surface area contributed by atoms with Crippen molar-refractivity contribution in [3.63, 3.8) is 0 Å². The van der Waals surface area contributed by atoms with E-state index in [0.717, 1.165) is 18.8 Å². The Kier molecular flexibility index (Phi) is 6.23. The van der Waals surface area contributed by atoms with Gasteiger partial charge < -0.3 is 10.1 Å². The topological polar surface area (TPSA) is 21.3 Å². The highest BCUT2D eigenvalue weighted by Gasteiger charge is 2.16. The van der Waals surface area contributed by atoms with Crippen molar-refractivity contribution in [3.05, 3.63) is 78.4 Å². The first-order valence-electron chi connectivity index (χ1n) is 7.75. The summed E-state index contributed by atoms with van der Waals surface area (Å²) in [6.45, 7) is 8.11. The Labute approximate surface area is 133 Å². The summed E-state index contributed by atoms with van der Waals surface area (Å²) in [6.07, 6.45) is 2.03. The van der Waals surface area contributed by atoms with E-state index in [-0.39, 0.29) is 0 Å². The van der Waals surface area contributed by atoms with Crippen LogP contribution in [0.25, 0.3) is 0 Å². The first-order valence-corrected chi connectivity index (χ1v) is 7.75. The summed E-state index contributed by atoms with van der Waals surface area (Å²) in [5.74, 6) is 1.68. The van der Waals surface area contributed by atoms with Gasteiger partial charge in [-0.25, -0.2) is 0 Å². The van der Waals surface area contributed by atoms with E-state index in [4.69, 9.17) is 4.74 Å². The summed E-state index contributed by atoms with van der Waals surface area (Å²) in [5.41, 5.74) is 2.56. The van der Waals surface area contributed by atoms with Gasteiger partial charge in [-0.1, -0.05) is 55.5 Å². The Hall–Kier alpha value is -2.06. The molecule has 2 rings (SSSR count). The summed E-state index contributed by atoms with van der Waals surface area (Å²) < 4.78 is 5.32. The number of hydrogen-bond donors (Lipinski definition) is 1. The molecule has 2 atom stereocenters. The predicted molar refractivity (Wildman–Crippen MR) is 93.2 cm³/mol. The fourth-order valence-corrected chi connectivity index (χ4v) is 2.71. The van der Waals surface area contributed by atoms with Gasteiger partial charge in [0.2, 0.25) is 0 Å². The molecule has 2 nitrogen and oxygen atoms in total. The molecule has 0 fully saturated rings. The van der Waals surface area contributed by atoms with E-state index < -0.39 is 0 Å². The number of ether oxygens (including phenoxy) is 1. The summed E-state index contributed by atoms with van der Waals surface area (Å²) >= 11 is 0. The second-order valence-corrected chi connectivity index (χ2v) is 5.63. The molecule has 0 aliphatic carbocycles. The van der Waals surface area contributed by atoms with Crippen molar-refractivity contribution in [1.29, 1.82) is 0 Å². The molecule has 2 aromatic rings. The Morgan fingerprint density at radius 2 is 1.91 bits per heavy atom. The summed E-state index contributed by atoms with van der Waals surface area (Å²) in [4.78, 5) is 0. The van der Waals surface area contributed by atoms with Crippen molar-refractivity contribution >= 4 is 0 Å². The van der Waals surface area contributed by atoms with E-state index >= 15 is 0 Å². The van der Waals surface area contributed by atoms with E-state index in [9.17, 15) is 0 Å². The van der Waals surface area contributed by atoms with Crippen LogP contribution in [0.15, 0.2) is 67.3 Å². The van der Waals surface area contributed by atoms with E-state index in [0.29, 0.717) is 11.8 Å². The Balaban J connectivity index is 1.93. The summed E-state index contributed by atoms with van der Waals surface area (Å²) in [5, 5.41) is 3.54. The number of hydrogen-bond acceptors (Lipinski definition) is 2. The number of nitrogens with one attached hydrogen (secondary N) is 1. The molecular formula is C20H25NO. The van der Waals surface area contributed by atoms with Gasteiger partial charge in [0.05, 0.1) is 7.11 Å². The lowest BCUT2D eigenvalue weighted by Gasteiger charge is -2.22. The molecule has 0 aromatic heterocycles. The normalized spacial score (nSPS) is 13.4. The number of allylic oxidation sites excluding steroid dienone is 1. The van der Waals surface area contributed by atoms with Crippen molar-refractivity contribution in [2.24, 2.45) is 5.92 Å². The average molecular weight is 295 g/mol. The molecule has 2 unspecified atom stereocenters. The highest BCUT2D eigenvalue weighted by molar-refractivity contribution is 5.33. The van der Waals surface area contributed by atoms with Gasteiger partial charge in [-0.05, 0) is 35.7 Å². The van der Waals surface area contributed by atoms with Gasteiger partial charge in [-0.3, -0.25) is 0 Å². The molecule has 0 saturated carbocycles. The highest BCUT2D eigenvalue weighted by atomic mass is 16.5. The van der Waals surface area contributed by atoms with Gasteiger partial charge in [0.25, 0.3) is 0 Å². The Morgan fingerprint density at radius 3 is 2.59 bits per heavy atom. The molecule has 0 saturated heterocycles. The van der Waals surface area contributed by atoms with Crippen LogP contribution in [0.1, 0.15) is 24.0 Å². The van der Waals surface area contributed by atoms with Crippen molar-refractivity contribution < 1.29 is 4.74 Å². The molecule has 22 heavy (non-hydrogen) atoms. The maximum absolute atomic E-state index is 5.32. The van der Waals surface area contributed by atoms with Crippen LogP contribution in [-0.2, 0) is 6.54 Å². The third-order valence-corrected chi connectivity index (χ3v) is 3.98. The monoisotopic (exact) mass is 295 g/mol. The van der Waals surface area contributed by atoms with Crippen LogP contribution in [0.2, 0.25) is 0 Å². The third-order valence-electron chi connectivity index (χ3n) is 3.98. The largest absolute Gasteiger partial charge is 0.497 e. The molecule has 0 bridgehead atoms. The van der Waals surface area contributed by atoms with E-state index in [1.807, 2.05) is 24.3 Å². The Bertz CT molecular complexity index is 579. The minimum Gasteiger partial charge on any atom is -0.497 e. The highest BCUT2D eigenvalue weighted by Crippen LogP contribution is 2.28. The summed E-state index contributed by atoms with van der Waals surface area (Å²) in [6, 6.07) is 18.7. The minimum atomic E-state index is 0.318. The molecule has 116 valence electrons. The minimum absolute atomic E-state index is 0.318. The van der Waals surface area contributed by atoms with Crippen LogP contribution in [0.4, 0.5) is 0 Å². The van der Waals surface area contributed by atoms with Crippen LogP contribution in [-0.4, -0.2) is 13.7 Å². The zero-order valence-electron chi connectivity index (χ0n) is 13.5. The molecule has 2 aromatic carbocycles. The molecular weight excluding hydrogens is 270 g/mol. The van der Waals surface area contributed by atoms with Crippen LogP contribution in [0, 0.1) is 5.92 Å². The van der Waals surface area contributed by atoms with Crippen LogP contribution >= 0.6 is 0 Å². The zero-order valence-corrected chi connectivity index (χ0v) is 13.5. The number of rotatable bonds is 8. The quantitative estimate of drug-likeness (QED) is 0.729. The first kappa shape index (κ1) is 16.3. The van der Waals surface area contributed by atoms with Crippen LogP contribution in [0.3, 0.4) is 0 Å². The van der Waals surface area contributed by atoms with E-state index in [2.05, 4.69) is 55.2 Å². The van der Waals surface area contributed by atoms with Gasteiger partial charge in [-0.15, -0.1) is 6.58 Å². The Morgan fingerprint density at radius 1 is 1.14 bits per heavy atom. The molecule has 0 aliphatic rings.